The van der Waals surface area contributed by atoms with Crippen molar-refractivity contribution in [3.8, 4) is 11.5 Å². The Kier molecular flexibility index (Phi) is 9.08. The van der Waals surface area contributed by atoms with E-state index in [1.807, 2.05) is 13.8 Å². The van der Waals surface area contributed by atoms with E-state index in [0.29, 0.717) is 18.4 Å². The molecule has 1 aromatic rings. The van der Waals surface area contributed by atoms with Crippen LogP contribution in [0.2, 0.25) is 0 Å². The van der Waals surface area contributed by atoms with Crippen LogP contribution in [0, 0.1) is 5.92 Å². The van der Waals surface area contributed by atoms with E-state index in [-0.39, 0.29) is 35.7 Å². The summed E-state index contributed by atoms with van der Waals surface area (Å²) in [6.45, 7) is 2.50. The minimum absolute atomic E-state index is 0.0235. The Morgan fingerprint density at radius 1 is 1.18 bits per heavy atom. The number of benzene rings is 1. The predicted octanol–water partition coefficient (Wildman–Crippen LogP) is 2.85. The minimum atomic E-state index is -4.45. The molecular weight excluding hydrogens is 377 g/mol. The number of amides is 2. The largest absolute Gasteiger partial charge is 0.493 e. The Hall–Kier alpha value is -2.45. The number of nitrogens with one attached hydrogen (secondary N) is 2. The molecule has 0 saturated carbocycles. The second kappa shape index (κ2) is 10.8. The second-order valence-corrected chi connectivity index (χ2v) is 6.75. The summed E-state index contributed by atoms with van der Waals surface area (Å²) >= 11 is 0. The smallest absolute Gasteiger partial charge is 0.422 e. The zero-order valence-electron chi connectivity index (χ0n) is 16.5. The van der Waals surface area contributed by atoms with Gasteiger partial charge in [-0.3, -0.25) is 9.59 Å². The van der Waals surface area contributed by atoms with Crippen LogP contribution in [0.15, 0.2) is 18.2 Å². The van der Waals surface area contributed by atoms with Gasteiger partial charge in [0.15, 0.2) is 18.1 Å². The minimum Gasteiger partial charge on any atom is -0.493 e. The van der Waals surface area contributed by atoms with E-state index in [1.54, 1.807) is 6.07 Å². The summed E-state index contributed by atoms with van der Waals surface area (Å²) in [7, 11) is 2.84. The van der Waals surface area contributed by atoms with Crippen LogP contribution in [-0.4, -0.2) is 44.8 Å². The van der Waals surface area contributed by atoms with E-state index in [2.05, 4.69) is 10.6 Å². The lowest BCUT2D eigenvalue weighted by Gasteiger charge is -2.19. The number of likely N-dealkylation sites (N-methyl/N-ethyl adjacent to an activating group) is 1. The number of rotatable bonds is 10. The number of halogens is 3. The first-order valence-corrected chi connectivity index (χ1v) is 8.93. The molecule has 6 nitrogen and oxygen atoms in total. The number of hydrogen-bond donors (Lipinski definition) is 2. The molecule has 0 spiro atoms. The summed E-state index contributed by atoms with van der Waals surface area (Å²) in [5.41, 5.74) is 0.701. The quantitative estimate of drug-likeness (QED) is 0.629. The zero-order valence-corrected chi connectivity index (χ0v) is 16.5. The molecule has 0 fully saturated rings. The number of carbonyl (C=O) groups is 2. The SMILES string of the molecule is CNC(=O)C(CC(C)C)NC(=O)CCc1ccc(OCC(F)(F)F)c(OC)c1. The van der Waals surface area contributed by atoms with Crippen LogP contribution < -0.4 is 20.1 Å². The van der Waals surface area contributed by atoms with E-state index in [0.717, 1.165) is 0 Å². The van der Waals surface area contributed by atoms with E-state index in [4.69, 9.17) is 9.47 Å². The van der Waals surface area contributed by atoms with Crippen molar-refractivity contribution in [3.63, 3.8) is 0 Å². The Morgan fingerprint density at radius 3 is 2.39 bits per heavy atom. The molecule has 28 heavy (non-hydrogen) atoms. The molecule has 0 saturated heterocycles. The number of ether oxygens (including phenoxy) is 2. The first-order chi connectivity index (χ1) is 13.1. The summed E-state index contributed by atoms with van der Waals surface area (Å²) in [6, 6.07) is 3.88. The van der Waals surface area contributed by atoms with Crippen molar-refractivity contribution in [1.82, 2.24) is 10.6 Å². The highest BCUT2D eigenvalue weighted by molar-refractivity contribution is 5.87. The van der Waals surface area contributed by atoms with Crippen molar-refractivity contribution >= 4 is 11.8 Å². The van der Waals surface area contributed by atoms with Crippen LogP contribution in [0.25, 0.3) is 0 Å². The predicted molar refractivity (Wildman–Crippen MR) is 98.3 cm³/mol. The lowest BCUT2D eigenvalue weighted by Crippen LogP contribution is -2.46. The molecule has 0 bridgehead atoms. The highest BCUT2D eigenvalue weighted by Gasteiger charge is 2.29. The average molecular weight is 404 g/mol. The van der Waals surface area contributed by atoms with Crippen LogP contribution in [-0.2, 0) is 16.0 Å². The van der Waals surface area contributed by atoms with E-state index < -0.39 is 18.8 Å². The summed E-state index contributed by atoms with van der Waals surface area (Å²) in [5.74, 6) is -0.175. The molecule has 1 unspecified atom stereocenters. The molecule has 0 aliphatic heterocycles. The molecule has 1 atom stereocenters. The second-order valence-electron chi connectivity index (χ2n) is 6.75. The molecule has 0 aliphatic rings. The number of aryl methyl sites for hydroxylation is 1. The fourth-order valence-corrected chi connectivity index (χ4v) is 2.55. The van der Waals surface area contributed by atoms with Gasteiger partial charge in [0.25, 0.3) is 0 Å². The maximum atomic E-state index is 12.3. The van der Waals surface area contributed by atoms with Crippen LogP contribution >= 0.6 is 0 Å². The standard InChI is InChI=1S/C19H27F3N2O4/c1-12(2)9-14(18(26)23-3)24-17(25)8-6-13-5-7-15(16(10-13)27-4)28-11-19(20,21)22/h5,7,10,12,14H,6,8-9,11H2,1-4H3,(H,23,26)(H,24,25). The van der Waals surface area contributed by atoms with Gasteiger partial charge in [-0.25, -0.2) is 0 Å². The molecule has 0 radical (unpaired) electrons. The van der Waals surface area contributed by atoms with Crippen LogP contribution in [0.3, 0.4) is 0 Å². The van der Waals surface area contributed by atoms with Crippen LogP contribution in [0.4, 0.5) is 13.2 Å². The highest BCUT2D eigenvalue weighted by atomic mass is 19.4. The molecule has 9 heteroatoms. The topological polar surface area (TPSA) is 76.7 Å². The van der Waals surface area contributed by atoms with Gasteiger partial charge in [-0.2, -0.15) is 13.2 Å². The third-order valence-electron chi connectivity index (χ3n) is 3.87. The monoisotopic (exact) mass is 404 g/mol. The van der Waals surface area contributed by atoms with Gasteiger partial charge in [-0.05, 0) is 36.5 Å². The third-order valence-corrected chi connectivity index (χ3v) is 3.87. The van der Waals surface area contributed by atoms with Crippen molar-refractivity contribution in [2.24, 2.45) is 5.92 Å². The third kappa shape index (κ3) is 8.49. The van der Waals surface area contributed by atoms with Gasteiger partial charge in [0.1, 0.15) is 6.04 Å². The van der Waals surface area contributed by atoms with Gasteiger partial charge >= 0.3 is 6.18 Å². The molecular formula is C19H27F3N2O4. The van der Waals surface area contributed by atoms with Gasteiger partial charge in [-0.1, -0.05) is 19.9 Å². The van der Waals surface area contributed by atoms with E-state index >= 15 is 0 Å². The maximum absolute atomic E-state index is 12.3. The highest BCUT2D eigenvalue weighted by Crippen LogP contribution is 2.30. The fraction of sp³-hybridized carbons (Fsp3) is 0.579. The Balaban J connectivity index is 2.68. The van der Waals surface area contributed by atoms with Gasteiger partial charge in [0, 0.05) is 13.5 Å². The fourth-order valence-electron chi connectivity index (χ4n) is 2.55. The van der Waals surface area contributed by atoms with Gasteiger partial charge < -0.3 is 20.1 Å². The Morgan fingerprint density at radius 2 is 1.86 bits per heavy atom. The molecule has 0 heterocycles. The van der Waals surface area contributed by atoms with E-state index in [1.165, 1.54) is 26.3 Å². The van der Waals surface area contributed by atoms with E-state index in [9.17, 15) is 22.8 Å². The summed E-state index contributed by atoms with van der Waals surface area (Å²) in [4.78, 5) is 24.1. The average Bonchev–Trinajstić information content (AvgIpc) is 2.62. The molecule has 158 valence electrons. The summed E-state index contributed by atoms with van der Waals surface area (Å²) in [5, 5.41) is 5.24. The molecule has 1 aromatic carbocycles. The zero-order chi connectivity index (χ0) is 21.3. The van der Waals surface area contributed by atoms with Crippen molar-refractivity contribution < 1.29 is 32.2 Å². The van der Waals surface area contributed by atoms with Gasteiger partial charge in [-0.15, -0.1) is 0 Å². The number of hydrogen-bond acceptors (Lipinski definition) is 4. The first-order valence-electron chi connectivity index (χ1n) is 8.93. The van der Waals surface area contributed by atoms with Crippen LogP contribution in [0.5, 0.6) is 11.5 Å². The van der Waals surface area contributed by atoms with Crippen molar-refractivity contribution in [1.29, 1.82) is 0 Å². The molecule has 0 aromatic heterocycles. The Labute approximate surface area is 162 Å². The number of methoxy groups -OCH3 is 1. The van der Waals surface area contributed by atoms with Crippen molar-refractivity contribution in [3.05, 3.63) is 23.8 Å². The summed E-state index contributed by atoms with van der Waals surface area (Å²) < 4.78 is 46.7. The number of alkyl halides is 3. The molecule has 2 amide bonds. The lowest BCUT2D eigenvalue weighted by atomic mass is 10.0. The number of carbonyl (C=O) groups excluding carboxylic acids is 2. The normalized spacial score (nSPS) is 12.4. The summed E-state index contributed by atoms with van der Waals surface area (Å²) in [6.07, 6.45) is -3.47. The Bertz CT molecular complexity index is 663. The van der Waals surface area contributed by atoms with Gasteiger partial charge in [0.2, 0.25) is 11.8 Å². The maximum Gasteiger partial charge on any atom is 0.422 e. The van der Waals surface area contributed by atoms with Gasteiger partial charge in [0.05, 0.1) is 7.11 Å². The first kappa shape index (κ1) is 23.6. The lowest BCUT2D eigenvalue weighted by molar-refractivity contribution is -0.153. The van der Waals surface area contributed by atoms with Crippen molar-refractivity contribution in [2.75, 3.05) is 20.8 Å². The molecule has 1 rings (SSSR count). The van der Waals surface area contributed by atoms with Crippen LogP contribution in [0.1, 0.15) is 32.3 Å². The van der Waals surface area contributed by atoms with Crippen molar-refractivity contribution in [2.45, 2.75) is 45.3 Å². The molecule has 2 N–H and O–H groups in total. The molecule has 0 aliphatic carbocycles.